The molecule has 1 spiro atoms. The van der Waals surface area contributed by atoms with E-state index in [1.54, 1.807) is 25.3 Å². The number of carbonyl (C=O) groups excluding carboxylic acids is 2. The maximum atomic E-state index is 13.3. The van der Waals surface area contributed by atoms with Crippen molar-refractivity contribution in [2.75, 3.05) is 32.2 Å². The van der Waals surface area contributed by atoms with Crippen LogP contribution in [0.1, 0.15) is 28.8 Å². The van der Waals surface area contributed by atoms with Gasteiger partial charge >= 0.3 is 12.0 Å². The molecule has 2 fully saturated rings. The Hall–Kier alpha value is -3.89. The summed E-state index contributed by atoms with van der Waals surface area (Å²) in [5, 5.41) is 11.9. The molecule has 0 aliphatic carbocycles. The standard InChI is InChI=1S/C21H23N5O6/c1-31-15-3-4-16(32-2)13(9-15)12-26-18(29)21(24-20(26)30)5-7-25(8-6-21)19-22-10-14(11-23-19)17(27)28/h3-4,9-11H,5-8,12H2,1-2H3,(H,24,30)(H,27,28). The van der Waals surface area contributed by atoms with Crippen molar-refractivity contribution in [2.45, 2.75) is 24.9 Å². The van der Waals surface area contributed by atoms with Gasteiger partial charge < -0.3 is 24.8 Å². The van der Waals surface area contributed by atoms with Gasteiger partial charge in [-0.05, 0) is 31.0 Å². The third-order valence-corrected chi connectivity index (χ3v) is 5.85. The number of ether oxygens (including phenoxy) is 2. The zero-order chi connectivity index (χ0) is 22.9. The first-order chi connectivity index (χ1) is 15.4. The van der Waals surface area contributed by atoms with Gasteiger partial charge in [0.05, 0.1) is 26.3 Å². The number of rotatable bonds is 6. The molecule has 0 bridgehead atoms. The van der Waals surface area contributed by atoms with E-state index in [4.69, 9.17) is 14.6 Å². The van der Waals surface area contributed by atoms with Crippen LogP contribution in [-0.2, 0) is 11.3 Å². The third kappa shape index (κ3) is 3.77. The Morgan fingerprint density at radius 1 is 1.16 bits per heavy atom. The smallest absolute Gasteiger partial charge is 0.338 e. The number of hydrogen-bond acceptors (Lipinski definition) is 8. The first kappa shape index (κ1) is 21.3. The van der Waals surface area contributed by atoms with Crippen LogP contribution in [0.5, 0.6) is 11.5 Å². The summed E-state index contributed by atoms with van der Waals surface area (Å²) in [5.74, 6) is 0.170. The lowest BCUT2D eigenvalue weighted by Crippen LogP contribution is -2.55. The van der Waals surface area contributed by atoms with Gasteiger partial charge in [0.1, 0.15) is 17.0 Å². The molecule has 0 radical (unpaired) electrons. The number of urea groups is 1. The topological polar surface area (TPSA) is 134 Å². The Morgan fingerprint density at radius 2 is 1.84 bits per heavy atom. The van der Waals surface area contributed by atoms with Crippen molar-refractivity contribution in [3.63, 3.8) is 0 Å². The Morgan fingerprint density at radius 3 is 2.44 bits per heavy atom. The minimum atomic E-state index is -1.10. The molecule has 168 valence electrons. The Balaban J connectivity index is 1.47. The number of carboxylic acids is 1. The number of hydrogen-bond donors (Lipinski definition) is 2. The van der Waals surface area contributed by atoms with Crippen LogP contribution in [0.3, 0.4) is 0 Å². The second-order valence-corrected chi connectivity index (χ2v) is 7.65. The third-order valence-electron chi connectivity index (χ3n) is 5.85. The zero-order valence-corrected chi connectivity index (χ0v) is 17.7. The quantitative estimate of drug-likeness (QED) is 0.636. The summed E-state index contributed by atoms with van der Waals surface area (Å²) in [6.45, 7) is 0.944. The van der Waals surface area contributed by atoms with E-state index in [1.165, 1.54) is 24.4 Å². The van der Waals surface area contributed by atoms with E-state index in [9.17, 15) is 14.4 Å². The van der Waals surface area contributed by atoms with Crippen LogP contribution in [0.25, 0.3) is 0 Å². The predicted octanol–water partition coefficient (Wildman–Crippen LogP) is 1.28. The molecule has 1 aromatic carbocycles. The fourth-order valence-electron chi connectivity index (χ4n) is 4.02. The van der Waals surface area contributed by atoms with Crippen LogP contribution in [0.2, 0.25) is 0 Å². The predicted molar refractivity (Wildman–Crippen MR) is 112 cm³/mol. The van der Waals surface area contributed by atoms with Gasteiger partial charge in [-0.25, -0.2) is 19.6 Å². The number of benzene rings is 1. The first-order valence-electron chi connectivity index (χ1n) is 10.0. The number of methoxy groups -OCH3 is 2. The SMILES string of the molecule is COc1ccc(OC)c(CN2C(=O)NC3(CCN(c4ncc(C(=O)O)cn4)CC3)C2=O)c1. The van der Waals surface area contributed by atoms with Gasteiger partial charge in [-0.2, -0.15) is 0 Å². The molecule has 2 aliphatic rings. The average molecular weight is 441 g/mol. The minimum Gasteiger partial charge on any atom is -0.497 e. The number of nitrogens with zero attached hydrogens (tertiary/aromatic N) is 4. The monoisotopic (exact) mass is 441 g/mol. The summed E-state index contributed by atoms with van der Waals surface area (Å²) >= 11 is 0. The maximum absolute atomic E-state index is 13.3. The van der Waals surface area contributed by atoms with Gasteiger partial charge in [0.15, 0.2) is 0 Å². The molecular weight excluding hydrogens is 418 g/mol. The fourth-order valence-corrected chi connectivity index (χ4v) is 4.02. The van der Waals surface area contributed by atoms with E-state index < -0.39 is 17.5 Å². The maximum Gasteiger partial charge on any atom is 0.338 e. The Kier molecular flexibility index (Phi) is 5.56. The highest BCUT2D eigenvalue weighted by Gasteiger charge is 2.52. The zero-order valence-electron chi connectivity index (χ0n) is 17.7. The van der Waals surface area contributed by atoms with Gasteiger partial charge in [-0.1, -0.05) is 0 Å². The van der Waals surface area contributed by atoms with E-state index >= 15 is 0 Å². The van der Waals surface area contributed by atoms with Gasteiger partial charge in [0, 0.05) is 31.0 Å². The van der Waals surface area contributed by atoms with Crippen molar-refractivity contribution in [1.29, 1.82) is 0 Å². The molecule has 0 saturated carbocycles. The van der Waals surface area contributed by atoms with E-state index in [-0.39, 0.29) is 18.0 Å². The molecule has 32 heavy (non-hydrogen) atoms. The number of amides is 3. The number of aromatic nitrogens is 2. The van der Waals surface area contributed by atoms with Crippen LogP contribution in [0.15, 0.2) is 30.6 Å². The Bertz CT molecular complexity index is 1050. The molecule has 11 nitrogen and oxygen atoms in total. The number of carbonyl (C=O) groups is 3. The average Bonchev–Trinajstić information content (AvgIpc) is 3.03. The van der Waals surface area contributed by atoms with Crippen LogP contribution in [0.4, 0.5) is 10.7 Å². The van der Waals surface area contributed by atoms with E-state index in [0.29, 0.717) is 48.9 Å². The lowest BCUT2D eigenvalue weighted by molar-refractivity contribution is -0.132. The molecule has 1 aromatic heterocycles. The van der Waals surface area contributed by atoms with Crippen LogP contribution < -0.4 is 19.7 Å². The molecule has 3 heterocycles. The Labute approximate surface area is 184 Å². The second kappa shape index (κ2) is 8.33. The van der Waals surface area contributed by atoms with Gasteiger partial charge in [-0.15, -0.1) is 0 Å². The molecule has 3 amide bonds. The summed E-state index contributed by atoms with van der Waals surface area (Å²) in [6.07, 6.45) is 3.27. The normalized spacial score (nSPS) is 17.4. The number of imide groups is 1. The molecule has 11 heteroatoms. The highest BCUT2D eigenvalue weighted by molar-refractivity contribution is 6.07. The molecule has 0 unspecified atom stereocenters. The largest absolute Gasteiger partial charge is 0.497 e. The second-order valence-electron chi connectivity index (χ2n) is 7.65. The lowest BCUT2D eigenvalue weighted by Gasteiger charge is -2.37. The summed E-state index contributed by atoms with van der Waals surface area (Å²) in [7, 11) is 3.07. The molecule has 0 atom stereocenters. The number of nitrogens with one attached hydrogen (secondary N) is 1. The van der Waals surface area contributed by atoms with E-state index in [0.717, 1.165) is 0 Å². The summed E-state index contributed by atoms with van der Waals surface area (Å²) in [6, 6.07) is 4.77. The number of piperidine rings is 1. The molecule has 2 aliphatic heterocycles. The van der Waals surface area contributed by atoms with Crippen molar-refractivity contribution in [2.24, 2.45) is 0 Å². The van der Waals surface area contributed by atoms with Crippen molar-refractivity contribution in [3.05, 3.63) is 41.7 Å². The highest BCUT2D eigenvalue weighted by atomic mass is 16.5. The molecule has 2 N–H and O–H groups in total. The number of anilines is 1. The van der Waals surface area contributed by atoms with Crippen molar-refractivity contribution >= 4 is 23.9 Å². The number of aromatic carboxylic acids is 1. The van der Waals surface area contributed by atoms with Gasteiger partial charge in [0.25, 0.3) is 5.91 Å². The van der Waals surface area contributed by atoms with Crippen LogP contribution in [0, 0.1) is 0 Å². The van der Waals surface area contributed by atoms with E-state index in [1.807, 2.05) is 4.90 Å². The highest BCUT2D eigenvalue weighted by Crippen LogP contribution is 2.33. The molecular formula is C21H23N5O6. The lowest BCUT2D eigenvalue weighted by atomic mass is 9.87. The molecule has 2 aromatic rings. The van der Waals surface area contributed by atoms with Crippen molar-refractivity contribution < 1.29 is 29.0 Å². The summed E-state index contributed by atoms with van der Waals surface area (Å²) in [5.41, 5.74) is -0.318. The van der Waals surface area contributed by atoms with Crippen LogP contribution in [-0.4, -0.2) is 70.7 Å². The first-order valence-corrected chi connectivity index (χ1v) is 10.0. The number of carboxylic acid groups (broad SMARTS) is 1. The van der Waals surface area contributed by atoms with E-state index in [2.05, 4.69) is 15.3 Å². The summed E-state index contributed by atoms with van der Waals surface area (Å²) < 4.78 is 10.6. The molecule has 4 rings (SSSR count). The minimum absolute atomic E-state index is 0.00377. The van der Waals surface area contributed by atoms with Crippen molar-refractivity contribution in [1.82, 2.24) is 20.2 Å². The van der Waals surface area contributed by atoms with Gasteiger partial charge in [0.2, 0.25) is 5.95 Å². The van der Waals surface area contributed by atoms with Crippen LogP contribution >= 0.6 is 0 Å². The molecule has 2 saturated heterocycles. The fraction of sp³-hybridized carbons (Fsp3) is 0.381. The summed E-state index contributed by atoms with van der Waals surface area (Å²) in [4.78, 5) is 48.2. The van der Waals surface area contributed by atoms with Gasteiger partial charge in [-0.3, -0.25) is 9.69 Å². The van der Waals surface area contributed by atoms with Crippen molar-refractivity contribution in [3.8, 4) is 11.5 Å².